The SMILES string of the molecule is C=[C]C1(C(=C)F)C(F)(F)C1(F)F. The highest BCUT2D eigenvalue weighted by atomic mass is 19.3. The van der Waals surface area contributed by atoms with Crippen LogP contribution in [-0.4, -0.2) is 11.8 Å². The van der Waals surface area contributed by atoms with Gasteiger partial charge in [-0.25, -0.2) is 4.39 Å². The predicted molar refractivity (Wildman–Crippen MR) is 31.4 cm³/mol. The highest BCUT2D eigenvalue weighted by Crippen LogP contribution is 2.75. The third-order valence-electron chi connectivity index (χ3n) is 1.95. The molecule has 0 nitrogen and oxygen atoms in total. The summed E-state index contributed by atoms with van der Waals surface area (Å²) in [6.45, 7) is 5.04. The Morgan fingerprint density at radius 2 is 1.42 bits per heavy atom. The van der Waals surface area contributed by atoms with Crippen LogP contribution < -0.4 is 0 Å². The predicted octanol–water partition coefficient (Wildman–Crippen LogP) is 2.73. The first-order valence-corrected chi connectivity index (χ1v) is 2.90. The average Bonchev–Trinajstić information content (AvgIpc) is 2.21. The van der Waals surface area contributed by atoms with Crippen LogP contribution in [0.3, 0.4) is 0 Å². The van der Waals surface area contributed by atoms with Gasteiger partial charge >= 0.3 is 11.8 Å². The van der Waals surface area contributed by atoms with Crippen molar-refractivity contribution in [3.63, 3.8) is 0 Å². The zero-order chi connectivity index (χ0) is 9.78. The Balaban J connectivity index is 3.20. The Labute approximate surface area is 65.4 Å². The van der Waals surface area contributed by atoms with Gasteiger partial charge in [0.2, 0.25) is 0 Å². The topological polar surface area (TPSA) is 0 Å². The van der Waals surface area contributed by atoms with Crippen molar-refractivity contribution in [3.05, 3.63) is 25.1 Å². The fraction of sp³-hybridized carbons (Fsp3) is 0.429. The highest BCUT2D eigenvalue weighted by Gasteiger charge is 2.97. The molecule has 0 atom stereocenters. The first kappa shape index (κ1) is 9.22. The summed E-state index contributed by atoms with van der Waals surface area (Å²) >= 11 is 0. The molecule has 1 radical (unpaired) electrons. The molecule has 0 aliphatic heterocycles. The highest BCUT2D eigenvalue weighted by molar-refractivity contribution is 5.39. The zero-order valence-electron chi connectivity index (χ0n) is 5.80. The Bertz CT molecular complexity index is 239. The molecule has 1 rings (SSSR count). The van der Waals surface area contributed by atoms with E-state index in [9.17, 15) is 22.0 Å². The number of halogens is 5. The molecule has 5 heteroatoms. The maximum absolute atomic E-state index is 12.3. The molecule has 0 saturated heterocycles. The number of hydrogen-bond donors (Lipinski definition) is 0. The summed E-state index contributed by atoms with van der Waals surface area (Å²) < 4.78 is 61.6. The van der Waals surface area contributed by atoms with Gasteiger partial charge in [-0.05, 0) is 6.08 Å². The lowest BCUT2D eigenvalue weighted by Gasteiger charge is -2.02. The van der Waals surface area contributed by atoms with Crippen molar-refractivity contribution >= 4 is 0 Å². The molecule has 0 amide bonds. The van der Waals surface area contributed by atoms with Gasteiger partial charge in [-0.15, -0.1) is 0 Å². The van der Waals surface area contributed by atoms with E-state index in [0.29, 0.717) is 0 Å². The molecule has 0 aromatic carbocycles. The van der Waals surface area contributed by atoms with Crippen LogP contribution >= 0.6 is 0 Å². The van der Waals surface area contributed by atoms with Crippen molar-refractivity contribution in [1.29, 1.82) is 0 Å². The van der Waals surface area contributed by atoms with Gasteiger partial charge in [-0.1, -0.05) is 13.2 Å². The Hall–Kier alpha value is -0.870. The summed E-state index contributed by atoms with van der Waals surface area (Å²) in [6.07, 6.45) is 1.31. The lowest BCUT2D eigenvalue weighted by Crippen LogP contribution is -2.09. The fourth-order valence-electron chi connectivity index (χ4n) is 1.08. The standard InChI is InChI=1S/C7H4F5/c1-3-5(4(2)8)6(9,10)7(5,11)12/h1-2H2. The van der Waals surface area contributed by atoms with E-state index >= 15 is 0 Å². The number of hydrogen-bond acceptors (Lipinski definition) is 0. The summed E-state index contributed by atoms with van der Waals surface area (Å²) in [5, 5.41) is 0. The minimum Gasteiger partial charge on any atom is -0.211 e. The van der Waals surface area contributed by atoms with E-state index in [1.165, 1.54) is 6.08 Å². The maximum atomic E-state index is 12.3. The van der Waals surface area contributed by atoms with Crippen molar-refractivity contribution in [2.75, 3.05) is 0 Å². The molecule has 0 heterocycles. The van der Waals surface area contributed by atoms with Crippen LogP contribution in [0.2, 0.25) is 0 Å². The van der Waals surface area contributed by atoms with E-state index in [1.807, 2.05) is 0 Å². The second-order valence-electron chi connectivity index (χ2n) is 2.48. The molecule has 0 bridgehead atoms. The molecule has 0 aromatic heterocycles. The number of allylic oxidation sites excluding steroid dienone is 2. The summed E-state index contributed by atoms with van der Waals surface area (Å²) in [7, 11) is 0. The van der Waals surface area contributed by atoms with Crippen molar-refractivity contribution < 1.29 is 22.0 Å². The van der Waals surface area contributed by atoms with E-state index < -0.39 is 23.1 Å². The van der Waals surface area contributed by atoms with E-state index in [0.717, 1.165) is 0 Å². The van der Waals surface area contributed by atoms with Crippen LogP contribution in [-0.2, 0) is 0 Å². The molecule has 1 aliphatic rings. The molecule has 0 aromatic rings. The molecule has 1 aliphatic carbocycles. The monoisotopic (exact) mass is 183 g/mol. The normalized spacial score (nSPS) is 27.8. The lowest BCUT2D eigenvalue weighted by molar-refractivity contribution is -0.0278. The first-order chi connectivity index (χ1) is 5.25. The van der Waals surface area contributed by atoms with Crippen LogP contribution in [0.4, 0.5) is 22.0 Å². The van der Waals surface area contributed by atoms with Crippen LogP contribution in [0.15, 0.2) is 19.0 Å². The van der Waals surface area contributed by atoms with Gasteiger partial charge in [0.15, 0.2) is 5.41 Å². The molecule has 0 N–H and O–H groups in total. The molecule has 67 valence electrons. The molecule has 0 spiro atoms. The van der Waals surface area contributed by atoms with E-state index in [-0.39, 0.29) is 0 Å². The second-order valence-corrected chi connectivity index (χ2v) is 2.48. The van der Waals surface area contributed by atoms with Gasteiger partial charge in [-0.2, -0.15) is 17.6 Å². The van der Waals surface area contributed by atoms with Gasteiger partial charge in [0.25, 0.3) is 0 Å². The van der Waals surface area contributed by atoms with Gasteiger partial charge in [0.1, 0.15) is 5.83 Å². The first-order valence-electron chi connectivity index (χ1n) is 2.90. The minimum atomic E-state index is -4.45. The van der Waals surface area contributed by atoms with Crippen molar-refractivity contribution in [1.82, 2.24) is 0 Å². The third-order valence-corrected chi connectivity index (χ3v) is 1.95. The average molecular weight is 183 g/mol. The van der Waals surface area contributed by atoms with Gasteiger partial charge in [0.05, 0.1) is 0 Å². The van der Waals surface area contributed by atoms with E-state index in [1.54, 1.807) is 0 Å². The molecule has 1 fully saturated rings. The molecular formula is C7H4F5. The summed E-state index contributed by atoms with van der Waals surface area (Å²) in [5.41, 5.74) is -3.31. The Morgan fingerprint density at radius 1 is 1.08 bits per heavy atom. The molecule has 12 heavy (non-hydrogen) atoms. The van der Waals surface area contributed by atoms with Crippen LogP contribution in [0.25, 0.3) is 0 Å². The smallest absolute Gasteiger partial charge is 0.211 e. The third kappa shape index (κ3) is 0.550. The summed E-state index contributed by atoms with van der Waals surface area (Å²) in [5.74, 6) is -10.7. The van der Waals surface area contributed by atoms with Gasteiger partial charge in [0, 0.05) is 0 Å². The fourth-order valence-corrected chi connectivity index (χ4v) is 1.08. The van der Waals surface area contributed by atoms with E-state index in [2.05, 4.69) is 13.2 Å². The number of rotatable bonds is 2. The summed E-state index contributed by atoms with van der Waals surface area (Å²) in [6, 6.07) is 0. The van der Waals surface area contributed by atoms with Crippen LogP contribution in [0.5, 0.6) is 0 Å². The lowest BCUT2D eigenvalue weighted by atomic mass is 10.1. The van der Waals surface area contributed by atoms with Crippen LogP contribution in [0, 0.1) is 11.5 Å². The Kier molecular flexibility index (Phi) is 1.45. The Morgan fingerprint density at radius 3 is 1.42 bits per heavy atom. The number of alkyl halides is 4. The van der Waals surface area contributed by atoms with E-state index in [4.69, 9.17) is 0 Å². The van der Waals surface area contributed by atoms with Crippen molar-refractivity contribution in [2.45, 2.75) is 11.8 Å². The second kappa shape index (κ2) is 1.89. The van der Waals surface area contributed by atoms with Crippen molar-refractivity contribution in [3.8, 4) is 0 Å². The van der Waals surface area contributed by atoms with Crippen molar-refractivity contribution in [2.24, 2.45) is 5.41 Å². The summed E-state index contributed by atoms with van der Waals surface area (Å²) in [4.78, 5) is 0. The molecule has 0 unspecified atom stereocenters. The zero-order valence-corrected chi connectivity index (χ0v) is 5.80. The molecular weight excluding hydrogens is 179 g/mol. The van der Waals surface area contributed by atoms with Crippen LogP contribution in [0.1, 0.15) is 0 Å². The van der Waals surface area contributed by atoms with Gasteiger partial charge < -0.3 is 0 Å². The minimum absolute atomic E-state index is 1.31. The largest absolute Gasteiger partial charge is 0.333 e. The maximum Gasteiger partial charge on any atom is 0.333 e. The van der Waals surface area contributed by atoms with Gasteiger partial charge in [-0.3, -0.25) is 0 Å². The molecule has 1 saturated carbocycles. The quantitative estimate of drug-likeness (QED) is 0.577.